The molecule has 4 rings (SSSR count). The summed E-state index contributed by atoms with van der Waals surface area (Å²) in [6.45, 7) is 2.18. The number of carbonyl (C=O) groups is 2. The number of ether oxygens (including phenoxy) is 1. The molecule has 8 heteroatoms. The first-order valence-corrected chi connectivity index (χ1v) is 9.39. The van der Waals surface area contributed by atoms with Gasteiger partial charge >= 0.3 is 5.97 Å². The Balaban J connectivity index is 1.41. The van der Waals surface area contributed by atoms with Gasteiger partial charge in [0.05, 0.1) is 11.6 Å². The Morgan fingerprint density at radius 2 is 2.07 bits per heavy atom. The molecule has 0 N–H and O–H groups in total. The Bertz CT molecular complexity index is 1070. The van der Waals surface area contributed by atoms with Crippen molar-refractivity contribution in [2.45, 2.75) is 20.0 Å². The molecular formula is C19H17N3O4S. The van der Waals surface area contributed by atoms with Crippen LogP contribution < -0.4 is 10.5 Å². The first-order valence-electron chi connectivity index (χ1n) is 8.51. The molecule has 1 amide bonds. The number of esters is 1. The predicted octanol–water partition coefficient (Wildman–Crippen LogP) is 2.16. The molecule has 1 aliphatic heterocycles. The van der Waals surface area contributed by atoms with E-state index in [0.29, 0.717) is 17.2 Å². The van der Waals surface area contributed by atoms with Crippen LogP contribution in [0.5, 0.6) is 0 Å². The molecule has 0 bridgehead atoms. The Hall–Kier alpha value is -3.00. The van der Waals surface area contributed by atoms with Crippen LogP contribution in [-0.2, 0) is 20.9 Å². The van der Waals surface area contributed by atoms with Gasteiger partial charge < -0.3 is 9.64 Å². The van der Waals surface area contributed by atoms with Gasteiger partial charge in [0.15, 0.2) is 4.96 Å². The van der Waals surface area contributed by atoms with Crippen molar-refractivity contribution in [3.63, 3.8) is 0 Å². The summed E-state index contributed by atoms with van der Waals surface area (Å²) in [7, 11) is 0. The lowest BCUT2D eigenvalue weighted by Gasteiger charge is -2.16. The molecule has 138 valence electrons. The van der Waals surface area contributed by atoms with Gasteiger partial charge in [-0.1, -0.05) is 17.7 Å². The summed E-state index contributed by atoms with van der Waals surface area (Å²) < 4.78 is 6.76. The maximum absolute atomic E-state index is 12.4. The van der Waals surface area contributed by atoms with Gasteiger partial charge in [-0.15, -0.1) is 11.3 Å². The number of aromatic nitrogens is 2. The quantitative estimate of drug-likeness (QED) is 0.645. The van der Waals surface area contributed by atoms with Crippen LogP contribution in [0.3, 0.4) is 0 Å². The lowest BCUT2D eigenvalue weighted by molar-refractivity contribution is -0.149. The summed E-state index contributed by atoms with van der Waals surface area (Å²) in [4.78, 5) is 43.1. The van der Waals surface area contributed by atoms with E-state index in [9.17, 15) is 14.4 Å². The van der Waals surface area contributed by atoms with E-state index in [1.165, 1.54) is 21.8 Å². The third-order valence-corrected chi connectivity index (χ3v) is 5.28. The van der Waals surface area contributed by atoms with Gasteiger partial charge in [-0.05, 0) is 19.1 Å². The molecule has 7 nitrogen and oxygen atoms in total. The highest BCUT2D eigenvalue weighted by atomic mass is 32.1. The zero-order valence-corrected chi connectivity index (χ0v) is 15.4. The van der Waals surface area contributed by atoms with Crippen molar-refractivity contribution in [3.8, 4) is 0 Å². The normalized spacial score (nSPS) is 16.9. The van der Waals surface area contributed by atoms with Gasteiger partial charge in [0.1, 0.15) is 6.61 Å². The van der Waals surface area contributed by atoms with Gasteiger partial charge in [0.2, 0.25) is 5.91 Å². The van der Waals surface area contributed by atoms with Crippen LogP contribution in [0.25, 0.3) is 4.96 Å². The molecule has 0 saturated carbocycles. The number of amides is 1. The zero-order chi connectivity index (χ0) is 19.0. The number of carbonyl (C=O) groups excluding carboxylic acids is 2. The number of aryl methyl sites for hydroxylation is 1. The van der Waals surface area contributed by atoms with Crippen molar-refractivity contribution in [1.29, 1.82) is 0 Å². The molecule has 0 radical (unpaired) electrons. The fraction of sp³-hybridized carbons (Fsp3) is 0.263. The van der Waals surface area contributed by atoms with Crippen molar-refractivity contribution < 1.29 is 14.3 Å². The summed E-state index contributed by atoms with van der Waals surface area (Å²) in [6, 6.07) is 8.95. The van der Waals surface area contributed by atoms with Crippen molar-refractivity contribution in [3.05, 3.63) is 63.5 Å². The number of hydrogen-bond acceptors (Lipinski definition) is 6. The molecule has 0 spiro atoms. The summed E-state index contributed by atoms with van der Waals surface area (Å²) >= 11 is 1.33. The average Bonchev–Trinajstić information content (AvgIpc) is 3.27. The lowest BCUT2D eigenvalue weighted by atomic mass is 10.1. The van der Waals surface area contributed by atoms with Crippen LogP contribution in [0, 0.1) is 12.8 Å². The third-order valence-electron chi connectivity index (χ3n) is 4.52. The van der Waals surface area contributed by atoms with Crippen molar-refractivity contribution in [2.75, 3.05) is 11.4 Å². The monoisotopic (exact) mass is 383 g/mol. The summed E-state index contributed by atoms with van der Waals surface area (Å²) in [5.41, 5.74) is 2.07. The molecule has 2 aromatic heterocycles. The van der Waals surface area contributed by atoms with E-state index in [-0.39, 0.29) is 24.5 Å². The van der Waals surface area contributed by atoms with E-state index in [4.69, 9.17) is 4.74 Å². The second-order valence-electron chi connectivity index (χ2n) is 6.49. The van der Waals surface area contributed by atoms with Gasteiger partial charge in [0, 0.05) is 36.3 Å². The molecule has 1 saturated heterocycles. The molecular weight excluding hydrogens is 366 g/mol. The van der Waals surface area contributed by atoms with E-state index < -0.39 is 11.9 Å². The summed E-state index contributed by atoms with van der Waals surface area (Å²) in [5.74, 6) is -1.08. The standard InChI is InChI=1S/C19H17N3O4S/c1-12-2-4-15(5-3-12)22-10-13(8-16(22)23)18(25)26-11-14-9-17(24)21-6-7-27-19(21)20-14/h2-7,9,13H,8,10-11H2,1H3/t13-/m1/s1. The molecule has 1 aromatic carbocycles. The maximum atomic E-state index is 12.4. The van der Waals surface area contributed by atoms with E-state index in [1.54, 1.807) is 16.5 Å². The van der Waals surface area contributed by atoms with Crippen LogP contribution in [0.2, 0.25) is 0 Å². The Morgan fingerprint density at radius 1 is 1.30 bits per heavy atom. The third kappa shape index (κ3) is 3.48. The smallest absolute Gasteiger partial charge is 0.311 e. The Morgan fingerprint density at radius 3 is 2.85 bits per heavy atom. The molecule has 3 heterocycles. The van der Waals surface area contributed by atoms with Gasteiger partial charge in [0.25, 0.3) is 5.56 Å². The number of fused-ring (bicyclic) bond motifs is 1. The molecule has 27 heavy (non-hydrogen) atoms. The fourth-order valence-electron chi connectivity index (χ4n) is 3.06. The van der Waals surface area contributed by atoms with Crippen LogP contribution in [0.4, 0.5) is 5.69 Å². The highest BCUT2D eigenvalue weighted by Crippen LogP contribution is 2.26. The molecule has 0 aliphatic carbocycles. The second kappa shape index (κ2) is 6.96. The van der Waals surface area contributed by atoms with Crippen LogP contribution >= 0.6 is 11.3 Å². The fourth-order valence-corrected chi connectivity index (χ4v) is 3.80. The minimum atomic E-state index is -0.523. The molecule has 1 aliphatic rings. The number of thiazole rings is 1. The number of anilines is 1. The topological polar surface area (TPSA) is 81.0 Å². The maximum Gasteiger partial charge on any atom is 0.311 e. The second-order valence-corrected chi connectivity index (χ2v) is 7.36. The van der Waals surface area contributed by atoms with E-state index in [2.05, 4.69) is 4.98 Å². The minimum absolute atomic E-state index is 0.0856. The highest BCUT2D eigenvalue weighted by molar-refractivity contribution is 7.15. The number of rotatable bonds is 4. The van der Waals surface area contributed by atoms with Crippen molar-refractivity contribution >= 4 is 33.9 Å². The number of hydrogen-bond donors (Lipinski definition) is 0. The SMILES string of the molecule is Cc1ccc(N2C[C@H](C(=O)OCc3cc(=O)n4ccsc4n3)CC2=O)cc1. The zero-order valence-electron chi connectivity index (χ0n) is 14.6. The summed E-state index contributed by atoms with van der Waals surface area (Å²) in [6.07, 6.45) is 1.77. The number of nitrogens with zero attached hydrogens (tertiary/aromatic N) is 3. The molecule has 3 aromatic rings. The van der Waals surface area contributed by atoms with Gasteiger partial charge in [-0.3, -0.25) is 18.8 Å². The minimum Gasteiger partial charge on any atom is -0.459 e. The van der Waals surface area contributed by atoms with Crippen LogP contribution in [0.15, 0.2) is 46.7 Å². The largest absolute Gasteiger partial charge is 0.459 e. The van der Waals surface area contributed by atoms with E-state index in [1.807, 2.05) is 31.2 Å². The first kappa shape index (κ1) is 17.4. The van der Waals surface area contributed by atoms with Gasteiger partial charge in [-0.25, -0.2) is 4.98 Å². The molecule has 0 unspecified atom stereocenters. The van der Waals surface area contributed by atoms with E-state index >= 15 is 0 Å². The lowest BCUT2D eigenvalue weighted by Crippen LogP contribution is -2.26. The molecule has 1 fully saturated rings. The highest BCUT2D eigenvalue weighted by Gasteiger charge is 2.36. The molecule has 1 atom stereocenters. The van der Waals surface area contributed by atoms with Crippen LogP contribution in [0.1, 0.15) is 17.7 Å². The summed E-state index contributed by atoms with van der Waals surface area (Å²) in [5, 5.41) is 1.77. The van der Waals surface area contributed by atoms with Crippen molar-refractivity contribution in [2.24, 2.45) is 5.92 Å². The average molecular weight is 383 g/mol. The number of benzene rings is 1. The van der Waals surface area contributed by atoms with Crippen molar-refractivity contribution in [1.82, 2.24) is 9.38 Å². The van der Waals surface area contributed by atoms with E-state index in [0.717, 1.165) is 11.3 Å². The van der Waals surface area contributed by atoms with Gasteiger partial charge in [-0.2, -0.15) is 0 Å². The Kier molecular flexibility index (Phi) is 4.49. The predicted molar refractivity (Wildman–Crippen MR) is 101 cm³/mol. The first-order chi connectivity index (χ1) is 13.0. The van der Waals surface area contributed by atoms with Crippen LogP contribution in [-0.4, -0.2) is 27.8 Å². The Labute approximate surface area is 158 Å².